The molecule has 68 valence electrons. The molecule has 1 rings (SSSR count). The maximum atomic E-state index is 13.4. The van der Waals surface area contributed by atoms with Crippen LogP contribution >= 0.6 is 0 Å². The van der Waals surface area contributed by atoms with Crippen molar-refractivity contribution >= 4 is 0 Å². The number of benzene rings is 1. The van der Waals surface area contributed by atoms with Gasteiger partial charge in [0.2, 0.25) is 0 Å². The van der Waals surface area contributed by atoms with Gasteiger partial charge in [-0.15, -0.1) is 0 Å². The van der Waals surface area contributed by atoms with Gasteiger partial charge in [-0.3, -0.25) is 0 Å². The molecule has 1 aromatic carbocycles. The second kappa shape index (κ2) is 3.99. The van der Waals surface area contributed by atoms with E-state index in [0.717, 1.165) is 0 Å². The molecule has 3 nitrogen and oxygen atoms in total. The molecule has 0 saturated heterocycles. The van der Waals surface area contributed by atoms with E-state index in [9.17, 15) is 4.39 Å². The normalized spacial score (nSPS) is 12.2. The van der Waals surface area contributed by atoms with E-state index in [4.69, 9.17) is 16.7 Å². The number of nitrogens with zero attached hydrogens (tertiary/aromatic N) is 1. The molecule has 0 aromatic heterocycles. The second-order valence-electron chi connectivity index (χ2n) is 2.66. The zero-order valence-corrected chi connectivity index (χ0v) is 7.00. The average molecular weight is 179 g/mol. The molecule has 0 aliphatic heterocycles. The van der Waals surface area contributed by atoms with E-state index in [1.165, 1.54) is 12.1 Å². The molecule has 1 unspecified atom stereocenters. The summed E-state index contributed by atoms with van der Waals surface area (Å²) in [5.74, 6) is -0.567. The highest BCUT2D eigenvalue weighted by Crippen LogP contribution is 2.16. The zero-order valence-electron chi connectivity index (χ0n) is 7.00. The minimum absolute atomic E-state index is 0.00130. The Morgan fingerprint density at radius 3 is 2.77 bits per heavy atom. The molecule has 1 aromatic rings. The van der Waals surface area contributed by atoms with E-state index in [1.54, 1.807) is 12.1 Å². The lowest BCUT2D eigenvalue weighted by atomic mass is 10.0. The summed E-state index contributed by atoms with van der Waals surface area (Å²) in [5.41, 5.74) is 11.1. The predicted molar refractivity (Wildman–Crippen MR) is 47.1 cm³/mol. The van der Waals surface area contributed by atoms with Gasteiger partial charge in [-0.2, -0.15) is 5.26 Å². The highest BCUT2D eigenvalue weighted by atomic mass is 19.1. The van der Waals surface area contributed by atoms with E-state index in [-0.39, 0.29) is 12.1 Å². The Hall–Kier alpha value is -1.44. The van der Waals surface area contributed by atoms with Crippen molar-refractivity contribution in [3.8, 4) is 6.07 Å². The van der Waals surface area contributed by atoms with Crippen LogP contribution in [0, 0.1) is 17.1 Å². The van der Waals surface area contributed by atoms with Crippen molar-refractivity contribution < 1.29 is 4.39 Å². The van der Waals surface area contributed by atoms with Gasteiger partial charge in [0.15, 0.2) is 0 Å². The fourth-order valence-electron chi connectivity index (χ4n) is 1.05. The van der Waals surface area contributed by atoms with Crippen LogP contribution in [0.15, 0.2) is 18.2 Å². The highest BCUT2D eigenvalue weighted by molar-refractivity contribution is 5.36. The second-order valence-corrected chi connectivity index (χ2v) is 2.66. The van der Waals surface area contributed by atoms with Crippen molar-refractivity contribution in [2.45, 2.75) is 6.04 Å². The predicted octanol–water partition coefficient (Wildman–Crippen LogP) is 0.656. The van der Waals surface area contributed by atoms with E-state index < -0.39 is 11.9 Å². The molecular formula is C9H10FN3. The molecule has 13 heavy (non-hydrogen) atoms. The summed E-state index contributed by atoms with van der Waals surface area (Å²) >= 11 is 0. The SMILES string of the molecule is N#Cc1cccc(C(N)CN)c1F. The van der Waals surface area contributed by atoms with E-state index in [1.807, 2.05) is 0 Å². The molecule has 0 fully saturated rings. The first-order valence-corrected chi connectivity index (χ1v) is 3.85. The van der Waals surface area contributed by atoms with Crippen LogP contribution in [-0.4, -0.2) is 6.54 Å². The zero-order chi connectivity index (χ0) is 9.84. The van der Waals surface area contributed by atoms with Crippen molar-refractivity contribution in [2.24, 2.45) is 11.5 Å². The fourth-order valence-corrected chi connectivity index (χ4v) is 1.05. The molecule has 0 amide bonds. The minimum Gasteiger partial charge on any atom is -0.329 e. The van der Waals surface area contributed by atoms with Gasteiger partial charge in [0.1, 0.15) is 11.9 Å². The number of nitriles is 1. The summed E-state index contributed by atoms with van der Waals surface area (Å²) in [5, 5.41) is 8.54. The molecule has 4 heteroatoms. The third-order valence-electron chi connectivity index (χ3n) is 1.80. The lowest BCUT2D eigenvalue weighted by Crippen LogP contribution is -2.22. The quantitative estimate of drug-likeness (QED) is 0.700. The molecule has 0 spiro atoms. The summed E-state index contributed by atoms with van der Waals surface area (Å²) < 4.78 is 13.4. The Labute approximate surface area is 75.8 Å². The van der Waals surface area contributed by atoms with E-state index >= 15 is 0 Å². The number of hydrogen-bond donors (Lipinski definition) is 2. The Morgan fingerprint density at radius 2 is 2.23 bits per heavy atom. The topological polar surface area (TPSA) is 75.8 Å². The van der Waals surface area contributed by atoms with Crippen molar-refractivity contribution in [1.82, 2.24) is 0 Å². The van der Waals surface area contributed by atoms with Crippen LogP contribution in [0.1, 0.15) is 17.2 Å². The van der Waals surface area contributed by atoms with Gasteiger partial charge >= 0.3 is 0 Å². The highest BCUT2D eigenvalue weighted by Gasteiger charge is 2.12. The first-order chi connectivity index (χ1) is 6.20. The summed E-state index contributed by atoms with van der Waals surface area (Å²) in [6.45, 7) is 0.159. The van der Waals surface area contributed by atoms with Crippen molar-refractivity contribution in [3.05, 3.63) is 35.1 Å². The van der Waals surface area contributed by atoms with E-state index in [0.29, 0.717) is 5.56 Å². The lowest BCUT2D eigenvalue weighted by Gasteiger charge is -2.10. The van der Waals surface area contributed by atoms with Crippen LogP contribution in [0.4, 0.5) is 4.39 Å². The largest absolute Gasteiger partial charge is 0.329 e. The molecule has 4 N–H and O–H groups in total. The van der Waals surface area contributed by atoms with Crippen LogP contribution in [0.5, 0.6) is 0 Å². The van der Waals surface area contributed by atoms with Crippen molar-refractivity contribution in [3.63, 3.8) is 0 Å². The summed E-state index contributed by atoms with van der Waals surface area (Å²) in [6.07, 6.45) is 0. The number of nitrogens with two attached hydrogens (primary N) is 2. The smallest absolute Gasteiger partial charge is 0.145 e. The van der Waals surface area contributed by atoms with Gasteiger partial charge < -0.3 is 11.5 Å². The molecule has 1 atom stereocenters. The van der Waals surface area contributed by atoms with Gasteiger partial charge in [0.25, 0.3) is 0 Å². The maximum Gasteiger partial charge on any atom is 0.145 e. The summed E-state index contributed by atoms with van der Waals surface area (Å²) in [7, 11) is 0. The van der Waals surface area contributed by atoms with Gasteiger partial charge in [0.05, 0.1) is 5.56 Å². The molecule has 0 aliphatic rings. The Morgan fingerprint density at radius 1 is 1.54 bits per heavy atom. The third kappa shape index (κ3) is 1.83. The Bertz CT molecular complexity index is 343. The van der Waals surface area contributed by atoms with Crippen LogP contribution in [-0.2, 0) is 0 Å². The van der Waals surface area contributed by atoms with Gasteiger partial charge in [0, 0.05) is 18.2 Å². The first kappa shape index (κ1) is 9.65. The molecular weight excluding hydrogens is 169 g/mol. The van der Waals surface area contributed by atoms with Gasteiger partial charge in [-0.25, -0.2) is 4.39 Å². The monoisotopic (exact) mass is 179 g/mol. The fraction of sp³-hybridized carbons (Fsp3) is 0.222. The van der Waals surface area contributed by atoms with Gasteiger partial charge in [-0.1, -0.05) is 12.1 Å². The van der Waals surface area contributed by atoms with Crippen LogP contribution in [0.2, 0.25) is 0 Å². The summed E-state index contributed by atoms with van der Waals surface area (Å²) in [4.78, 5) is 0. The number of halogens is 1. The standard InChI is InChI=1S/C9H10FN3/c10-9-6(4-11)2-1-3-7(9)8(13)5-12/h1-3,8H,5,12-13H2. The Kier molecular flexibility index (Phi) is 2.96. The van der Waals surface area contributed by atoms with Crippen LogP contribution in [0.25, 0.3) is 0 Å². The molecule has 0 bridgehead atoms. The molecule has 0 aliphatic carbocycles. The molecule has 0 radical (unpaired) electrons. The maximum absolute atomic E-state index is 13.4. The molecule has 0 heterocycles. The lowest BCUT2D eigenvalue weighted by molar-refractivity contribution is 0.581. The Balaban J connectivity index is 3.17. The van der Waals surface area contributed by atoms with Gasteiger partial charge in [-0.05, 0) is 6.07 Å². The molecule has 0 saturated carbocycles. The number of rotatable bonds is 2. The average Bonchev–Trinajstić information content (AvgIpc) is 2.17. The summed E-state index contributed by atoms with van der Waals surface area (Å²) in [6, 6.07) is 5.73. The minimum atomic E-state index is -0.567. The first-order valence-electron chi connectivity index (χ1n) is 3.85. The van der Waals surface area contributed by atoms with Crippen LogP contribution < -0.4 is 11.5 Å². The van der Waals surface area contributed by atoms with Crippen molar-refractivity contribution in [1.29, 1.82) is 5.26 Å². The van der Waals surface area contributed by atoms with Crippen molar-refractivity contribution in [2.75, 3.05) is 6.54 Å². The van der Waals surface area contributed by atoms with Crippen LogP contribution in [0.3, 0.4) is 0 Å². The van der Waals surface area contributed by atoms with E-state index in [2.05, 4.69) is 0 Å². The number of hydrogen-bond acceptors (Lipinski definition) is 3. The third-order valence-corrected chi connectivity index (χ3v) is 1.80.